The van der Waals surface area contributed by atoms with E-state index in [1.165, 1.54) is 0 Å². The van der Waals surface area contributed by atoms with E-state index < -0.39 is 0 Å². The van der Waals surface area contributed by atoms with E-state index in [0.717, 1.165) is 77.4 Å². The van der Waals surface area contributed by atoms with E-state index in [-0.39, 0.29) is 12.1 Å². The third-order valence-electron chi connectivity index (χ3n) is 6.58. The molecule has 7 nitrogen and oxygen atoms in total. The average Bonchev–Trinajstić information content (AvgIpc) is 3.49. The number of nitrogens with one attached hydrogen (secondary N) is 2. The predicted molar refractivity (Wildman–Crippen MR) is 147 cm³/mol. The maximum absolute atomic E-state index is 12.7. The van der Waals surface area contributed by atoms with Crippen molar-refractivity contribution in [2.45, 2.75) is 45.5 Å². The summed E-state index contributed by atoms with van der Waals surface area (Å²) in [5.74, 6) is 0. The molecule has 0 atom stereocenters. The van der Waals surface area contributed by atoms with Crippen LogP contribution < -0.4 is 10.6 Å². The van der Waals surface area contributed by atoms with Gasteiger partial charge in [-0.25, -0.2) is 9.78 Å². The number of likely N-dealkylation sites (tertiary alicyclic amines) is 1. The van der Waals surface area contributed by atoms with E-state index in [2.05, 4.69) is 50.6 Å². The lowest BCUT2D eigenvalue weighted by Gasteiger charge is -2.28. The van der Waals surface area contributed by atoms with Gasteiger partial charge < -0.3 is 20.3 Å². The van der Waals surface area contributed by atoms with Crippen molar-refractivity contribution in [2.24, 2.45) is 0 Å². The zero-order chi connectivity index (χ0) is 25.1. The van der Waals surface area contributed by atoms with Gasteiger partial charge in [0.2, 0.25) is 0 Å². The van der Waals surface area contributed by atoms with Crippen LogP contribution in [0, 0.1) is 0 Å². The first-order chi connectivity index (χ1) is 17.5. The molecule has 1 saturated heterocycles. The molecule has 4 aromatic rings. The molecular formula is C27H30ClN5O2S. The summed E-state index contributed by atoms with van der Waals surface area (Å²) in [5, 5.41) is 20.4. The quantitative estimate of drug-likeness (QED) is 0.289. The second-order valence-electron chi connectivity index (χ2n) is 9.15. The third kappa shape index (κ3) is 5.73. The maximum Gasteiger partial charge on any atom is 0.319 e. The maximum atomic E-state index is 12.7. The van der Waals surface area contributed by atoms with Gasteiger partial charge in [0.25, 0.3) is 0 Å². The Labute approximate surface area is 219 Å². The number of anilines is 1. The standard InChI is InChI=1S/C27H30ClN5O2S/c1-2-33-16-24(31-27(35)29-14-18-3-6-20(28)7-4-18)23-13-19(5-8-25(23)33)26-30-21(17-36-26)15-32-11-9-22(34)10-12-32/h3-8,13,16-17,22,34H,2,9-12,14-15H2,1H3,(H2,29,31,35). The number of nitrogens with zero attached hydrogens (tertiary/aromatic N) is 3. The van der Waals surface area contributed by atoms with E-state index in [1.807, 2.05) is 30.5 Å². The molecule has 188 valence electrons. The van der Waals surface area contributed by atoms with Crippen molar-refractivity contribution >= 4 is 45.6 Å². The van der Waals surface area contributed by atoms with Gasteiger partial charge in [0, 0.05) is 60.3 Å². The summed E-state index contributed by atoms with van der Waals surface area (Å²) in [6.07, 6.45) is 3.46. The minimum Gasteiger partial charge on any atom is -0.393 e. The number of aryl methyl sites for hydroxylation is 1. The van der Waals surface area contributed by atoms with Crippen LogP contribution >= 0.6 is 22.9 Å². The Morgan fingerprint density at radius 1 is 1.19 bits per heavy atom. The number of fused-ring (bicyclic) bond motifs is 1. The SMILES string of the molecule is CCn1cc(NC(=O)NCc2ccc(Cl)cc2)c2cc(-c3nc(CN4CCC(O)CC4)cs3)ccc21. The Balaban J connectivity index is 1.31. The fraction of sp³-hybridized carbons (Fsp3) is 0.333. The molecule has 0 spiro atoms. The number of carbonyl (C=O) groups excluding carboxylic acids is 1. The number of halogens is 1. The molecule has 2 aromatic carbocycles. The van der Waals surface area contributed by atoms with E-state index in [9.17, 15) is 9.90 Å². The molecule has 1 fully saturated rings. The molecule has 36 heavy (non-hydrogen) atoms. The zero-order valence-electron chi connectivity index (χ0n) is 20.2. The highest BCUT2D eigenvalue weighted by molar-refractivity contribution is 7.13. The van der Waals surface area contributed by atoms with E-state index in [0.29, 0.717) is 11.6 Å². The second-order valence-corrected chi connectivity index (χ2v) is 10.4. The van der Waals surface area contributed by atoms with Gasteiger partial charge in [-0.05, 0) is 55.7 Å². The van der Waals surface area contributed by atoms with Gasteiger partial charge in [-0.15, -0.1) is 11.3 Å². The average molecular weight is 524 g/mol. The first-order valence-corrected chi connectivity index (χ1v) is 13.5. The number of aromatic nitrogens is 2. The molecule has 2 aromatic heterocycles. The van der Waals surface area contributed by atoms with E-state index >= 15 is 0 Å². The number of amides is 2. The highest BCUT2D eigenvalue weighted by Crippen LogP contribution is 2.32. The number of hydrogen-bond acceptors (Lipinski definition) is 5. The zero-order valence-corrected chi connectivity index (χ0v) is 21.8. The Kier molecular flexibility index (Phi) is 7.57. The van der Waals surface area contributed by atoms with Crippen LogP contribution in [0.3, 0.4) is 0 Å². The lowest BCUT2D eigenvalue weighted by molar-refractivity contribution is 0.0787. The van der Waals surface area contributed by atoms with Gasteiger partial charge in [0.05, 0.1) is 23.0 Å². The van der Waals surface area contributed by atoms with Gasteiger partial charge in [0.15, 0.2) is 0 Å². The number of thiazole rings is 1. The summed E-state index contributed by atoms with van der Waals surface area (Å²) in [4.78, 5) is 19.9. The highest BCUT2D eigenvalue weighted by atomic mass is 35.5. The van der Waals surface area contributed by atoms with Crippen molar-refractivity contribution in [3.05, 3.63) is 70.3 Å². The number of rotatable bonds is 7. The number of piperidine rings is 1. The van der Waals surface area contributed by atoms with Crippen LogP contribution in [0.25, 0.3) is 21.5 Å². The van der Waals surface area contributed by atoms with Crippen LogP contribution in [0.15, 0.2) is 54.0 Å². The summed E-state index contributed by atoms with van der Waals surface area (Å²) < 4.78 is 2.13. The Morgan fingerprint density at radius 2 is 1.97 bits per heavy atom. The molecule has 1 aliphatic rings. The van der Waals surface area contributed by atoms with E-state index in [4.69, 9.17) is 16.6 Å². The summed E-state index contributed by atoms with van der Waals surface area (Å²) in [6.45, 7) is 5.91. The third-order valence-corrected chi connectivity index (χ3v) is 7.77. The number of aliphatic hydroxyl groups is 1. The summed E-state index contributed by atoms with van der Waals surface area (Å²) in [6, 6.07) is 13.5. The van der Waals surface area contributed by atoms with Crippen molar-refractivity contribution in [1.29, 1.82) is 0 Å². The first-order valence-electron chi connectivity index (χ1n) is 12.3. The normalized spacial score (nSPS) is 14.9. The van der Waals surface area contributed by atoms with Crippen molar-refractivity contribution in [3.8, 4) is 10.6 Å². The van der Waals surface area contributed by atoms with Gasteiger partial charge >= 0.3 is 6.03 Å². The molecule has 0 unspecified atom stereocenters. The minimum atomic E-state index is -0.256. The lowest BCUT2D eigenvalue weighted by Crippen LogP contribution is -2.35. The van der Waals surface area contributed by atoms with Crippen molar-refractivity contribution < 1.29 is 9.90 Å². The van der Waals surface area contributed by atoms with Gasteiger partial charge in [-0.3, -0.25) is 4.90 Å². The Bertz CT molecular complexity index is 1340. The number of hydrogen-bond donors (Lipinski definition) is 3. The molecule has 3 heterocycles. The monoisotopic (exact) mass is 523 g/mol. The molecule has 1 aliphatic heterocycles. The van der Waals surface area contributed by atoms with Crippen molar-refractivity contribution in [2.75, 3.05) is 18.4 Å². The lowest BCUT2D eigenvalue weighted by atomic mass is 10.1. The van der Waals surface area contributed by atoms with Gasteiger partial charge in [-0.2, -0.15) is 0 Å². The topological polar surface area (TPSA) is 82.4 Å². The molecule has 3 N–H and O–H groups in total. The predicted octanol–water partition coefficient (Wildman–Crippen LogP) is 5.72. The van der Waals surface area contributed by atoms with Crippen LogP contribution in [0.1, 0.15) is 31.0 Å². The number of aliphatic hydroxyl groups excluding tert-OH is 1. The summed E-state index contributed by atoms with van der Waals surface area (Å²) >= 11 is 7.58. The molecule has 0 aliphatic carbocycles. The smallest absolute Gasteiger partial charge is 0.319 e. The highest BCUT2D eigenvalue weighted by Gasteiger charge is 2.18. The minimum absolute atomic E-state index is 0.170. The molecule has 0 bridgehead atoms. The van der Waals surface area contributed by atoms with Crippen LogP contribution in [-0.2, 0) is 19.6 Å². The van der Waals surface area contributed by atoms with Gasteiger partial charge in [-0.1, -0.05) is 23.7 Å². The summed E-state index contributed by atoms with van der Waals surface area (Å²) in [7, 11) is 0. The van der Waals surface area contributed by atoms with E-state index in [1.54, 1.807) is 11.3 Å². The first kappa shape index (κ1) is 24.8. The second kappa shape index (κ2) is 11.0. The molecule has 0 saturated carbocycles. The molecule has 9 heteroatoms. The largest absolute Gasteiger partial charge is 0.393 e. The fourth-order valence-electron chi connectivity index (χ4n) is 4.56. The van der Waals surface area contributed by atoms with Crippen LogP contribution in [-0.4, -0.2) is 44.8 Å². The van der Waals surface area contributed by atoms with Crippen LogP contribution in [0.4, 0.5) is 10.5 Å². The fourth-order valence-corrected chi connectivity index (χ4v) is 5.50. The summed E-state index contributed by atoms with van der Waals surface area (Å²) in [5.41, 5.74) is 4.90. The van der Waals surface area contributed by atoms with Crippen molar-refractivity contribution in [3.63, 3.8) is 0 Å². The Hall–Kier alpha value is -2.91. The number of carbonyl (C=O) groups is 1. The molecular weight excluding hydrogens is 494 g/mol. The number of urea groups is 1. The number of benzene rings is 2. The van der Waals surface area contributed by atoms with Crippen LogP contribution in [0.2, 0.25) is 5.02 Å². The molecule has 5 rings (SSSR count). The molecule has 2 amide bonds. The Morgan fingerprint density at radius 3 is 2.72 bits per heavy atom. The van der Waals surface area contributed by atoms with Gasteiger partial charge in [0.1, 0.15) is 5.01 Å². The van der Waals surface area contributed by atoms with Crippen LogP contribution in [0.5, 0.6) is 0 Å². The molecule has 0 radical (unpaired) electrons. The van der Waals surface area contributed by atoms with Crippen molar-refractivity contribution in [1.82, 2.24) is 19.8 Å².